The van der Waals surface area contributed by atoms with Crippen molar-refractivity contribution >= 4 is 22.5 Å². The number of carbonyl (C=O) groups is 1. The molecular formula is C24H24N3O5-. The Balaban J connectivity index is 1.50. The molecule has 0 bridgehead atoms. The smallest absolute Gasteiger partial charge is 0.235 e. The summed E-state index contributed by atoms with van der Waals surface area (Å²) in [6.45, 7) is 5.90. The van der Waals surface area contributed by atoms with E-state index in [0.717, 1.165) is 23.1 Å². The van der Waals surface area contributed by atoms with Crippen molar-refractivity contribution in [1.82, 2.24) is 4.73 Å². The second kappa shape index (κ2) is 6.98. The molecule has 0 atom stereocenters. The molecule has 1 aromatic heterocycles. The van der Waals surface area contributed by atoms with Crippen molar-refractivity contribution < 1.29 is 14.3 Å². The fourth-order valence-corrected chi connectivity index (χ4v) is 4.40. The normalized spacial score (nSPS) is 16.2. The van der Waals surface area contributed by atoms with E-state index in [1.165, 1.54) is 0 Å². The van der Waals surface area contributed by atoms with Gasteiger partial charge in [0.25, 0.3) is 0 Å². The molecule has 1 aliphatic heterocycles. The Morgan fingerprint density at radius 2 is 1.91 bits per heavy atom. The van der Waals surface area contributed by atoms with Gasteiger partial charge in [-0.2, -0.15) is 4.91 Å². The fourth-order valence-electron chi connectivity index (χ4n) is 4.40. The van der Waals surface area contributed by atoms with Crippen LogP contribution in [0.3, 0.4) is 0 Å². The predicted molar refractivity (Wildman–Crippen MR) is 121 cm³/mol. The molecule has 166 valence electrons. The standard InChI is InChI=1S/C24H24N3O5/c1-23(2,3)20-10-14-8-17(9-15(12-25-29)21(14)27(20)30)26-22(28)24(6-7-24)16-4-5-18-19(11-16)32-13-31-18/h4-5,8-11H,6-7,12-13H2,1-3H3,(H,26,28)/q-1. The van der Waals surface area contributed by atoms with Crippen molar-refractivity contribution in [3.63, 3.8) is 0 Å². The number of aromatic nitrogens is 1. The summed E-state index contributed by atoms with van der Waals surface area (Å²) in [5, 5.41) is 19.6. The molecule has 1 N–H and O–H groups in total. The van der Waals surface area contributed by atoms with Gasteiger partial charge in [0.2, 0.25) is 12.7 Å². The van der Waals surface area contributed by atoms with Crippen molar-refractivity contribution in [2.24, 2.45) is 5.18 Å². The van der Waals surface area contributed by atoms with Crippen LogP contribution < -0.4 is 14.8 Å². The van der Waals surface area contributed by atoms with Gasteiger partial charge in [0.15, 0.2) is 11.5 Å². The van der Waals surface area contributed by atoms with Crippen molar-refractivity contribution in [2.45, 2.75) is 51.0 Å². The number of amides is 1. The van der Waals surface area contributed by atoms with Crippen LogP contribution in [-0.4, -0.2) is 17.4 Å². The van der Waals surface area contributed by atoms with E-state index >= 15 is 0 Å². The van der Waals surface area contributed by atoms with Crippen LogP contribution in [0.4, 0.5) is 5.69 Å². The Morgan fingerprint density at radius 1 is 1.16 bits per heavy atom. The Labute approximate surface area is 185 Å². The highest BCUT2D eigenvalue weighted by atomic mass is 16.7. The second-order valence-corrected chi connectivity index (χ2v) is 9.54. The molecule has 2 aliphatic rings. The monoisotopic (exact) mass is 434 g/mol. The second-order valence-electron chi connectivity index (χ2n) is 9.54. The van der Waals surface area contributed by atoms with Crippen LogP contribution in [0, 0.1) is 10.1 Å². The summed E-state index contributed by atoms with van der Waals surface area (Å²) >= 11 is 0. The summed E-state index contributed by atoms with van der Waals surface area (Å²) in [6.07, 6.45) is 1.46. The van der Waals surface area contributed by atoms with Gasteiger partial charge in [0, 0.05) is 33.3 Å². The Hall–Kier alpha value is -3.55. The highest BCUT2D eigenvalue weighted by Crippen LogP contribution is 2.51. The average molecular weight is 434 g/mol. The van der Waals surface area contributed by atoms with E-state index in [1.54, 1.807) is 12.1 Å². The molecular weight excluding hydrogens is 410 g/mol. The topological polar surface area (TPSA) is 105 Å². The van der Waals surface area contributed by atoms with Crippen molar-refractivity contribution in [3.05, 3.63) is 63.3 Å². The van der Waals surface area contributed by atoms with Gasteiger partial charge in [-0.1, -0.05) is 32.0 Å². The number of nitrogens with zero attached hydrogens (tertiary/aromatic N) is 2. The van der Waals surface area contributed by atoms with Crippen LogP contribution in [0.1, 0.15) is 50.4 Å². The zero-order valence-electron chi connectivity index (χ0n) is 18.2. The summed E-state index contributed by atoms with van der Waals surface area (Å²) in [7, 11) is 0. The first-order chi connectivity index (χ1) is 15.2. The number of nitrogens with one attached hydrogen (secondary N) is 1. The highest BCUT2D eigenvalue weighted by molar-refractivity contribution is 6.03. The Morgan fingerprint density at radius 3 is 2.59 bits per heavy atom. The molecule has 2 heterocycles. The largest absolute Gasteiger partial charge is 0.805 e. The molecule has 8 heteroatoms. The number of fused-ring (bicyclic) bond motifs is 2. The lowest BCUT2D eigenvalue weighted by molar-refractivity contribution is -0.118. The maximum Gasteiger partial charge on any atom is 0.235 e. The van der Waals surface area contributed by atoms with E-state index in [0.29, 0.717) is 39.3 Å². The van der Waals surface area contributed by atoms with Crippen LogP contribution >= 0.6 is 0 Å². The molecule has 2 aromatic carbocycles. The third-order valence-corrected chi connectivity index (χ3v) is 6.30. The zero-order valence-corrected chi connectivity index (χ0v) is 18.2. The number of hydrogen-bond donors (Lipinski definition) is 1. The van der Waals surface area contributed by atoms with Gasteiger partial charge in [-0.3, -0.25) is 4.79 Å². The Kier molecular flexibility index (Phi) is 4.44. The number of benzene rings is 2. The van der Waals surface area contributed by atoms with Gasteiger partial charge in [0.05, 0.1) is 5.41 Å². The first kappa shape index (κ1) is 20.4. The summed E-state index contributed by atoms with van der Waals surface area (Å²) in [5.41, 5.74) is 1.95. The number of rotatable bonds is 5. The number of anilines is 1. The van der Waals surface area contributed by atoms with Gasteiger partial charge >= 0.3 is 0 Å². The number of nitroso groups, excluding NO2 is 1. The van der Waals surface area contributed by atoms with E-state index < -0.39 is 5.41 Å². The zero-order chi connectivity index (χ0) is 22.7. The molecule has 1 fully saturated rings. The van der Waals surface area contributed by atoms with Crippen molar-refractivity contribution in [1.29, 1.82) is 0 Å². The quantitative estimate of drug-likeness (QED) is 0.572. The third-order valence-electron chi connectivity index (χ3n) is 6.30. The van der Waals surface area contributed by atoms with Gasteiger partial charge in [-0.25, -0.2) is 0 Å². The molecule has 1 saturated carbocycles. The lowest BCUT2D eigenvalue weighted by Crippen LogP contribution is -2.27. The summed E-state index contributed by atoms with van der Waals surface area (Å²) in [6, 6.07) is 10.9. The van der Waals surface area contributed by atoms with Crippen molar-refractivity contribution in [2.75, 3.05) is 12.1 Å². The molecule has 0 spiro atoms. The van der Waals surface area contributed by atoms with Crippen LogP contribution in [-0.2, 0) is 22.2 Å². The van der Waals surface area contributed by atoms with Gasteiger partial charge in [0.1, 0.15) is 6.54 Å². The highest BCUT2D eigenvalue weighted by Gasteiger charge is 2.51. The van der Waals surface area contributed by atoms with Gasteiger partial charge in [-0.05, 0) is 48.7 Å². The number of carbonyl (C=O) groups excluding carboxylic acids is 1. The molecule has 8 nitrogen and oxygen atoms in total. The lowest BCUT2D eigenvalue weighted by atomic mass is 9.92. The summed E-state index contributed by atoms with van der Waals surface area (Å²) in [5.74, 6) is 1.20. The average Bonchev–Trinajstić information content (AvgIpc) is 3.29. The molecule has 32 heavy (non-hydrogen) atoms. The van der Waals surface area contributed by atoms with E-state index in [4.69, 9.17) is 9.47 Å². The van der Waals surface area contributed by atoms with E-state index in [-0.39, 0.29) is 24.7 Å². The van der Waals surface area contributed by atoms with E-state index in [9.17, 15) is 14.9 Å². The Bertz CT molecular complexity index is 1250. The van der Waals surface area contributed by atoms with E-state index in [1.807, 2.05) is 45.0 Å². The first-order valence-electron chi connectivity index (χ1n) is 10.6. The summed E-state index contributed by atoms with van der Waals surface area (Å²) in [4.78, 5) is 24.3. The molecule has 5 rings (SSSR count). The van der Waals surface area contributed by atoms with Crippen LogP contribution in [0.25, 0.3) is 10.9 Å². The molecule has 1 aliphatic carbocycles. The third kappa shape index (κ3) is 3.18. The molecule has 0 radical (unpaired) electrons. The molecule has 0 unspecified atom stereocenters. The lowest BCUT2D eigenvalue weighted by Gasteiger charge is -2.25. The van der Waals surface area contributed by atoms with Crippen molar-refractivity contribution in [3.8, 4) is 11.5 Å². The number of hydrogen-bond acceptors (Lipinski definition) is 6. The van der Waals surface area contributed by atoms with E-state index in [2.05, 4.69) is 10.5 Å². The van der Waals surface area contributed by atoms with Gasteiger partial charge < -0.3 is 24.7 Å². The summed E-state index contributed by atoms with van der Waals surface area (Å²) < 4.78 is 11.7. The van der Waals surface area contributed by atoms with Gasteiger partial charge in [-0.15, -0.1) is 0 Å². The minimum Gasteiger partial charge on any atom is -0.805 e. The minimum atomic E-state index is -0.625. The SMILES string of the molecule is CC(C)(C)c1cc2cc(NC(=O)C3(c4ccc5c(c4)OCO5)CC3)cc(CN=O)c2n1[O-]. The predicted octanol–water partition coefficient (Wildman–Crippen LogP) is 4.95. The minimum absolute atomic E-state index is 0.127. The number of ether oxygens (including phenoxy) is 2. The van der Waals surface area contributed by atoms with Crippen LogP contribution in [0.15, 0.2) is 41.6 Å². The van der Waals surface area contributed by atoms with Crippen LogP contribution in [0.5, 0.6) is 11.5 Å². The van der Waals surface area contributed by atoms with Crippen LogP contribution in [0.2, 0.25) is 0 Å². The fraction of sp³-hybridized carbons (Fsp3) is 0.375. The molecule has 1 amide bonds. The maximum absolute atomic E-state index is 13.3. The maximum atomic E-state index is 13.3. The molecule has 0 saturated heterocycles. The molecule has 3 aromatic rings. The first-order valence-corrected chi connectivity index (χ1v) is 10.6.